The van der Waals surface area contributed by atoms with Crippen LogP contribution in [0.15, 0.2) is 18.2 Å². The molecule has 1 saturated heterocycles. The van der Waals surface area contributed by atoms with Gasteiger partial charge in [0.05, 0.1) is 11.5 Å². The summed E-state index contributed by atoms with van der Waals surface area (Å²) in [6, 6.07) is 8.35. The molecular formula is C15H22N4. The molecule has 19 heavy (non-hydrogen) atoms. The van der Waals surface area contributed by atoms with Crippen LogP contribution in [0.4, 0.5) is 11.4 Å². The average molecular weight is 258 g/mol. The fourth-order valence-corrected chi connectivity index (χ4v) is 2.31. The van der Waals surface area contributed by atoms with E-state index < -0.39 is 5.41 Å². The predicted molar refractivity (Wildman–Crippen MR) is 79.2 cm³/mol. The molecule has 102 valence electrons. The molecular weight excluding hydrogens is 236 g/mol. The van der Waals surface area contributed by atoms with E-state index in [1.54, 1.807) is 0 Å². The largest absolute Gasteiger partial charge is 0.399 e. The zero-order valence-electron chi connectivity index (χ0n) is 12.0. The summed E-state index contributed by atoms with van der Waals surface area (Å²) < 4.78 is 0. The van der Waals surface area contributed by atoms with Gasteiger partial charge in [0, 0.05) is 37.6 Å². The molecule has 0 atom stereocenters. The van der Waals surface area contributed by atoms with Crippen LogP contribution in [0, 0.1) is 11.3 Å². The van der Waals surface area contributed by atoms with Gasteiger partial charge in [0.2, 0.25) is 0 Å². The molecule has 0 amide bonds. The third-order valence-electron chi connectivity index (χ3n) is 3.81. The van der Waals surface area contributed by atoms with Gasteiger partial charge < -0.3 is 15.5 Å². The Bertz CT molecular complexity index is 493. The second-order valence-corrected chi connectivity index (χ2v) is 5.84. The van der Waals surface area contributed by atoms with Crippen molar-refractivity contribution < 1.29 is 0 Å². The van der Waals surface area contributed by atoms with Crippen LogP contribution in [0.5, 0.6) is 0 Å². The lowest BCUT2D eigenvalue weighted by Crippen LogP contribution is -2.44. The monoisotopic (exact) mass is 258 g/mol. The minimum absolute atomic E-state index is 0.503. The molecule has 1 aliphatic heterocycles. The molecule has 0 aromatic heterocycles. The first kappa shape index (κ1) is 13.7. The minimum Gasteiger partial charge on any atom is -0.399 e. The van der Waals surface area contributed by atoms with Gasteiger partial charge in [0.25, 0.3) is 0 Å². The standard InChI is InChI=1S/C15H22N4/c1-15(2,11-16)12-8-13(17)10-14(9-12)19-6-4-18(3)5-7-19/h8-10H,4-7,17H2,1-3H3. The molecule has 0 unspecified atom stereocenters. The summed E-state index contributed by atoms with van der Waals surface area (Å²) in [6.45, 7) is 7.99. The summed E-state index contributed by atoms with van der Waals surface area (Å²) in [5, 5.41) is 9.26. The SMILES string of the molecule is CN1CCN(c2cc(N)cc(C(C)(C)C#N)c2)CC1. The summed E-state index contributed by atoms with van der Waals surface area (Å²) in [6.07, 6.45) is 0. The molecule has 0 bridgehead atoms. The van der Waals surface area contributed by atoms with Crippen molar-refractivity contribution in [3.63, 3.8) is 0 Å². The Morgan fingerprint density at radius 2 is 1.79 bits per heavy atom. The van der Waals surface area contributed by atoms with Crippen molar-refractivity contribution >= 4 is 11.4 Å². The molecule has 4 nitrogen and oxygen atoms in total. The van der Waals surface area contributed by atoms with Gasteiger partial charge in [-0.25, -0.2) is 0 Å². The lowest BCUT2D eigenvalue weighted by atomic mass is 9.85. The maximum Gasteiger partial charge on any atom is 0.0767 e. The quantitative estimate of drug-likeness (QED) is 0.822. The summed E-state index contributed by atoms with van der Waals surface area (Å²) in [5.74, 6) is 0. The first-order valence-electron chi connectivity index (χ1n) is 6.68. The van der Waals surface area contributed by atoms with Crippen molar-refractivity contribution in [1.29, 1.82) is 5.26 Å². The van der Waals surface area contributed by atoms with Gasteiger partial charge in [0.15, 0.2) is 0 Å². The molecule has 1 heterocycles. The van der Waals surface area contributed by atoms with Crippen molar-refractivity contribution in [1.82, 2.24) is 4.90 Å². The second-order valence-electron chi connectivity index (χ2n) is 5.84. The van der Waals surface area contributed by atoms with E-state index in [2.05, 4.69) is 29.0 Å². The topological polar surface area (TPSA) is 56.3 Å². The number of rotatable bonds is 2. The lowest BCUT2D eigenvalue weighted by molar-refractivity contribution is 0.313. The van der Waals surface area contributed by atoms with Gasteiger partial charge in [-0.3, -0.25) is 0 Å². The molecule has 0 aliphatic carbocycles. The fraction of sp³-hybridized carbons (Fsp3) is 0.533. The maximum absolute atomic E-state index is 9.26. The number of nitrogens with two attached hydrogens (primary N) is 1. The Kier molecular flexibility index (Phi) is 3.68. The number of nitrogens with zero attached hydrogens (tertiary/aromatic N) is 3. The lowest BCUT2D eigenvalue weighted by Gasteiger charge is -2.34. The number of hydrogen-bond acceptors (Lipinski definition) is 4. The summed E-state index contributed by atoms with van der Waals surface area (Å²) in [4.78, 5) is 4.66. The number of likely N-dealkylation sites (N-methyl/N-ethyl adjacent to an activating group) is 1. The third kappa shape index (κ3) is 2.99. The Morgan fingerprint density at radius 1 is 1.16 bits per heavy atom. The van der Waals surface area contributed by atoms with E-state index in [4.69, 9.17) is 5.73 Å². The van der Waals surface area contributed by atoms with Gasteiger partial charge >= 0.3 is 0 Å². The Hall–Kier alpha value is -1.73. The highest BCUT2D eigenvalue weighted by atomic mass is 15.2. The molecule has 1 fully saturated rings. The predicted octanol–water partition coefficient (Wildman–Crippen LogP) is 1.82. The summed E-state index contributed by atoms with van der Waals surface area (Å²) in [5.41, 5.74) is 8.35. The van der Waals surface area contributed by atoms with E-state index in [1.165, 1.54) is 0 Å². The zero-order chi connectivity index (χ0) is 14.0. The highest BCUT2D eigenvalue weighted by Gasteiger charge is 2.22. The molecule has 0 spiro atoms. The number of piperazine rings is 1. The molecule has 1 aromatic rings. The average Bonchev–Trinajstić information content (AvgIpc) is 2.39. The first-order chi connectivity index (χ1) is 8.92. The van der Waals surface area contributed by atoms with E-state index in [-0.39, 0.29) is 0 Å². The van der Waals surface area contributed by atoms with Crippen LogP contribution in [0.3, 0.4) is 0 Å². The number of anilines is 2. The van der Waals surface area contributed by atoms with Crippen LogP contribution in [-0.4, -0.2) is 38.1 Å². The van der Waals surface area contributed by atoms with Gasteiger partial charge in [-0.15, -0.1) is 0 Å². The summed E-state index contributed by atoms with van der Waals surface area (Å²) in [7, 11) is 2.14. The van der Waals surface area contributed by atoms with Crippen LogP contribution >= 0.6 is 0 Å². The van der Waals surface area contributed by atoms with Gasteiger partial charge in [0.1, 0.15) is 0 Å². The van der Waals surface area contributed by atoms with Crippen molar-refractivity contribution in [2.24, 2.45) is 0 Å². The molecule has 2 rings (SSSR count). The first-order valence-corrected chi connectivity index (χ1v) is 6.68. The van der Waals surface area contributed by atoms with Crippen LogP contribution in [-0.2, 0) is 5.41 Å². The smallest absolute Gasteiger partial charge is 0.0767 e. The highest BCUT2D eigenvalue weighted by molar-refractivity contribution is 5.60. The molecule has 0 radical (unpaired) electrons. The maximum atomic E-state index is 9.26. The van der Waals surface area contributed by atoms with Crippen molar-refractivity contribution in [2.45, 2.75) is 19.3 Å². The van der Waals surface area contributed by atoms with Crippen molar-refractivity contribution in [2.75, 3.05) is 43.9 Å². The highest BCUT2D eigenvalue weighted by Crippen LogP contribution is 2.29. The van der Waals surface area contributed by atoms with E-state index in [1.807, 2.05) is 26.0 Å². The van der Waals surface area contributed by atoms with Crippen LogP contribution in [0.25, 0.3) is 0 Å². The molecule has 4 heteroatoms. The van der Waals surface area contributed by atoms with E-state index in [9.17, 15) is 5.26 Å². The molecule has 1 aromatic carbocycles. The van der Waals surface area contributed by atoms with Crippen LogP contribution in [0.2, 0.25) is 0 Å². The number of nitriles is 1. The Labute approximate surface area is 115 Å². The zero-order valence-corrected chi connectivity index (χ0v) is 12.0. The van der Waals surface area contributed by atoms with Crippen molar-refractivity contribution in [3.05, 3.63) is 23.8 Å². The van der Waals surface area contributed by atoms with Gasteiger partial charge in [-0.1, -0.05) is 0 Å². The summed E-state index contributed by atoms with van der Waals surface area (Å²) >= 11 is 0. The third-order valence-corrected chi connectivity index (χ3v) is 3.81. The van der Waals surface area contributed by atoms with Gasteiger partial charge in [-0.05, 0) is 44.7 Å². The Morgan fingerprint density at radius 3 is 2.37 bits per heavy atom. The number of nitrogen functional groups attached to an aromatic ring is 1. The molecule has 1 aliphatic rings. The number of hydrogen-bond donors (Lipinski definition) is 1. The second kappa shape index (κ2) is 5.10. The van der Waals surface area contributed by atoms with E-state index in [0.717, 1.165) is 43.1 Å². The van der Waals surface area contributed by atoms with E-state index in [0.29, 0.717) is 0 Å². The van der Waals surface area contributed by atoms with E-state index >= 15 is 0 Å². The van der Waals surface area contributed by atoms with Crippen molar-refractivity contribution in [3.8, 4) is 6.07 Å². The minimum atomic E-state index is -0.503. The van der Waals surface area contributed by atoms with Crippen LogP contribution < -0.4 is 10.6 Å². The molecule has 0 saturated carbocycles. The Balaban J connectivity index is 2.30. The van der Waals surface area contributed by atoms with Crippen LogP contribution in [0.1, 0.15) is 19.4 Å². The normalized spacial score (nSPS) is 17.3. The molecule has 2 N–H and O–H groups in total. The van der Waals surface area contributed by atoms with Gasteiger partial charge in [-0.2, -0.15) is 5.26 Å². The number of benzene rings is 1. The fourth-order valence-electron chi connectivity index (χ4n) is 2.31.